The quantitative estimate of drug-likeness (QED) is 0.803. The van der Waals surface area contributed by atoms with Gasteiger partial charge in [-0.2, -0.15) is 4.31 Å². The lowest BCUT2D eigenvalue weighted by Crippen LogP contribution is -2.30. The number of hydrogen-bond acceptors (Lipinski definition) is 4. The number of carbonyl (C=O) groups excluding carboxylic acids is 1. The van der Waals surface area contributed by atoms with Crippen LogP contribution in [0.3, 0.4) is 0 Å². The minimum atomic E-state index is -3.41. The first kappa shape index (κ1) is 18.8. The first-order valence-corrected chi connectivity index (χ1v) is 10.4. The van der Waals surface area contributed by atoms with E-state index in [-0.39, 0.29) is 12.5 Å². The Kier molecular flexibility index (Phi) is 5.62. The second kappa shape index (κ2) is 7.75. The summed E-state index contributed by atoms with van der Waals surface area (Å²) in [7, 11) is -3.41. The first-order valence-electron chi connectivity index (χ1n) is 8.97. The lowest BCUT2D eigenvalue weighted by molar-refractivity contribution is -0.141. The molecule has 2 aliphatic rings. The van der Waals surface area contributed by atoms with E-state index in [0.717, 1.165) is 18.4 Å². The van der Waals surface area contributed by atoms with Gasteiger partial charge in [0.2, 0.25) is 15.9 Å². The summed E-state index contributed by atoms with van der Waals surface area (Å²) in [4.78, 5) is 25.1. The number of amides is 1. The van der Waals surface area contributed by atoms with Crippen LogP contribution in [0, 0.1) is 5.92 Å². The molecule has 2 aliphatic heterocycles. The van der Waals surface area contributed by atoms with Gasteiger partial charge in [0.05, 0.1) is 10.8 Å². The largest absolute Gasteiger partial charge is 0.481 e. The highest BCUT2D eigenvalue weighted by Gasteiger charge is 2.30. The molecule has 0 bridgehead atoms. The van der Waals surface area contributed by atoms with Crippen LogP contribution in [-0.4, -0.2) is 60.8 Å². The smallest absolute Gasteiger partial charge is 0.308 e. The Balaban J connectivity index is 1.55. The van der Waals surface area contributed by atoms with Crippen LogP contribution in [0.5, 0.6) is 0 Å². The molecule has 2 fully saturated rings. The number of aliphatic carboxylic acids is 1. The molecule has 2 heterocycles. The summed E-state index contributed by atoms with van der Waals surface area (Å²) in [6.07, 6.45) is 3.11. The van der Waals surface area contributed by atoms with E-state index < -0.39 is 21.9 Å². The third-order valence-electron chi connectivity index (χ3n) is 5.14. The van der Waals surface area contributed by atoms with Gasteiger partial charge >= 0.3 is 5.97 Å². The molecule has 1 aromatic rings. The predicted molar refractivity (Wildman–Crippen MR) is 95.1 cm³/mol. The normalized spacial score (nSPS) is 21.2. The van der Waals surface area contributed by atoms with Crippen molar-refractivity contribution in [3.63, 3.8) is 0 Å². The summed E-state index contributed by atoms with van der Waals surface area (Å²) in [5.74, 6) is -1.37. The Morgan fingerprint density at radius 2 is 1.73 bits per heavy atom. The number of nitrogens with zero attached hydrogens (tertiary/aromatic N) is 2. The predicted octanol–water partition coefficient (Wildman–Crippen LogP) is 1.34. The highest BCUT2D eigenvalue weighted by Crippen LogP contribution is 2.22. The Hall–Kier alpha value is -1.93. The van der Waals surface area contributed by atoms with Gasteiger partial charge < -0.3 is 10.0 Å². The van der Waals surface area contributed by atoms with Gasteiger partial charge in [-0.15, -0.1) is 0 Å². The maximum Gasteiger partial charge on any atom is 0.308 e. The number of benzene rings is 1. The molecule has 8 heteroatoms. The summed E-state index contributed by atoms with van der Waals surface area (Å²) >= 11 is 0. The Morgan fingerprint density at radius 3 is 2.31 bits per heavy atom. The molecule has 1 N–H and O–H groups in total. The van der Waals surface area contributed by atoms with Crippen molar-refractivity contribution in [1.82, 2.24) is 9.21 Å². The number of likely N-dealkylation sites (tertiary alicyclic amines) is 1. The van der Waals surface area contributed by atoms with E-state index in [2.05, 4.69) is 0 Å². The number of carbonyl (C=O) groups is 2. The highest BCUT2D eigenvalue weighted by atomic mass is 32.2. The molecule has 1 amide bonds. The van der Waals surface area contributed by atoms with Crippen LogP contribution >= 0.6 is 0 Å². The lowest BCUT2D eigenvalue weighted by Gasteiger charge is -2.16. The maximum atomic E-state index is 12.5. The molecule has 0 aliphatic carbocycles. The van der Waals surface area contributed by atoms with Crippen molar-refractivity contribution in [2.75, 3.05) is 26.2 Å². The molecular weight excluding hydrogens is 356 g/mol. The second-order valence-electron chi connectivity index (χ2n) is 6.92. The molecule has 7 nitrogen and oxygen atoms in total. The van der Waals surface area contributed by atoms with Crippen LogP contribution in [-0.2, 0) is 26.0 Å². The fraction of sp³-hybridized carbons (Fsp3) is 0.556. The minimum Gasteiger partial charge on any atom is -0.481 e. The van der Waals surface area contributed by atoms with Crippen LogP contribution < -0.4 is 0 Å². The third kappa shape index (κ3) is 4.07. The summed E-state index contributed by atoms with van der Waals surface area (Å²) in [5, 5.41) is 9.00. The summed E-state index contributed by atoms with van der Waals surface area (Å²) in [6.45, 7) is 1.92. The molecule has 1 atom stereocenters. The van der Waals surface area contributed by atoms with Gasteiger partial charge in [-0.05, 0) is 43.4 Å². The van der Waals surface area contributed by atoms with Gasteiger partial charge in [0, 0.05) is 32.6 Å². The zero-order valence-electron chi connectivity index (χ0n) is 14.6. The third-order valence-corrected chi connectivity index (χ3v) is 7.06. The van der Waals surface area contributed by atoms with Crippen molar-refractivity contribution < 1.29 is 23.1 Å². The fourth-order valence-electron chi connectivity index (χ4n) is 3.50. The van der Waals surface area contributed by atoms with Crippen LogP contribution in [0.2, 0.25) is 0 Å². The van der Waals surface area contributed by atoms with Gasteiger partial charge in [0.1, 0.15) is 0 Å². The van der Waals surface area contributed by atoms with E-state index in [0.29, 0.717) is 43.8 Å². The molecule has 1 unspecified atom stereocenters. The van der Waals surface area contributed by atoms with E-state index in [4.69, 9.17) is 5.11 Å². The van der Waals surface area contributed by atoms with Crippen LogP contribution in [0.25, 0.3) is 0 Å². The van der Waals surface area contributed by atoms with Crippen molar-refractivity contribution in [2.24, 2.45) is 5.92 Å². The SMILES string of the molecule is O=C(O)C1CCN(C(=O)CCc2ccc(S(=O)(=O)N3CCCC3)cc2)C1. The molecule has 142 valence electrons. The van der Waals surface area contributed by atoms with Crippen molar-refractivity contribution in [1.29, 1.82) is 0 Å². The van der Waals surface area contributed by atoms with Crippen LogP contribution in [0.15, 0.2) is 29.2 Å². The number of hydrogen-bond donors (Lipinski definition) is 1. The van der Waals surface area contributed by atoms with E-state index in [1.807, 2.05) is 0 Å². The fourth-order valence-corrected chi connectivity index (χ4v) is 5.02. The monoisotopic (exact) mass is 380 g/mol. The molecule has 3 rings (SSSR count). The molecule has 0 spiro atoms. The number of aryl methyl sites for hydroxylation is 1. The molecule has 26 heavy (non-hydrogen) atoms. The number of rotatable bonds is 6. The standard InChI is InChI=1S/C18H24N2O5S/c21-17(19-12-9-15(13-19)18(22)23)8-5-14-3-6-16(7-4-14)26(24,25)20-10-1-2-11-20/h3-4,6-7,15H,1-2,5,8-13H2,(H,22,23). The van der Waals surface area contributed by atoms with Crippen LogP contribution in [0.1, 0.15) is 31.2 Å². The molecule has 1 aromatic carbocycles. The molecule has 0 aromatic heterocycles. The molecule has 2 saturated heterocycles. The maximum absolute atomic E-state index is 12.5. The van der Waals surface area contributed by atoms with E-state index >= 15 is 0 Å². The zero-order valence-corrected chi connectivity index (χ0v) is 15.5. The Morgan fingerprint density at radius 1 is 1.08 bits per heavy atom. The Bertz CT molecular complexity index is 769. The van der Waals surface area contributed by atoms with Gasteiger partial charge in [0.25, 0.3) is 0 Å². The van der Waals surface area contributed by atoms with Crippen LogP contribution in [0.4, 0.5) is 0 Å². The van der Waals surface area contributed by atoms with Gasteiger partial charge in [-0.1, -0.05) is 12.1 Å². The zero-order chi connectivity index (χ0) is 18.7. The van der Waals surface area contributed by atoms with Crippen molar-refractivity contribution in [3.05, 3.63) is 29.8 Å². The van der Waals surface area contributed by atoms with Crippen molar-refractivity contribution in [2.45, 2.75) is 37.0 Å². The average molecular weight is 380 g/mol. The topological polar surface area (TPSA) is 95.0 Å². The minimum absolute atomic E-state index is 0.0532. The van der Waals surface area contributed by atoms with E-state index in [9.17, 15) is 18.0 Å². The molecule has 0 radical (unpaired) electrons. The van der Waals surface area contributed by atoms with E-state index in [1.165, 1.54) is 4.31 Å². The summed E-state index contributed by atoms with van der Waals surface area (Å²) in [5.41, 5.74) is 0.896. The average Bonchev–Trinajstić information content (AvgIpc) is 3.31. The molecular formula is C18H24N2O5S. The Labute approximate surface area is 153 Å². The highest BCUT2D eigenvalue weighted by molar-refractivity contribution is 7.89. The van der Waals surface area contributed by atoms with Gasteiger partial charge in [-0.25, -0.2) is 8.42 Å². The first-order chi connectivity index (χ1) is 12.4. The summed E-state index contributed by atoms with van der Waals surface area (Å²) < 4.78 is 26.5. The van der Waals surface area contributed by atoms with E-state index in [1.54, 1.807) is 29.2 Å². The number of carboxylic acids is 1. The number of sulfonamides is 1. The van der Waals surface area contributed by atoms with Gasteiger partial charge in [0.15, 0.2) is 0 Å². The lowest BCUT2D eigenvalue weighted by atomic mass is 10.1. The molecule has 0 saturated carbocycles. The second-order valence-corrected chi connectivity index (χ2v) is 8.86. The van der Waals surface area contributed by atoms with Crippen molar-refractivity contribution >= 4 is 21.9 Å². The van der Waals surface area contributed by atoms with Crippen molar-refractivity contribution in [3.8, 4) is 0 Å². The van der Waals surface area contributed by atoms with Gasteiger partial charge in [-0.3, -0.25) is 9.59 Å². The number of carboxylic acid groups (broad SMARTS) is 1. The summed E-state index contributed by atoms with van der Waals surface area (Å²) in [6, 6.07) is 6.70.